The fraction of sp³-hybridized carbons (Fsp3) is 0.250. The summed E-state index contributed by atoms with van der Waals surface area (Å²) >= 11 is 0. The van der Waals surface area contributed by atoms with Gasteiger partial charge in [0.1, 0.15) is 0 Å². The quantitative estimate of drug-likeness (QED) is 0.466. The summed E-state index contributed by atoms with van der Waals surface area (Å²) < 4.78 is 1.35. The maximum Gasteiger partial charge on any atom is 0.274 e. The minimum absolute atomic E-state index is 0.125. The van der Waals surface area contributed by atoms with E-state index in [4.69, 9.17) is 0 Å². The van der Waals surface area contributed by atoms with Crippen LogP contribution in [-0.2, 0) is 7.05 Å². The molecule has 0 saturated heterocycles. The zero-order valence-corrected chi connectivity index (χ0v) is 3.93. The van der Waals surface area contributed by atoms with Crippen LogP contribution in [-0.4, -0.2) is 9.78 Å². The Morgan fingerprint density at radius 1 is 2.00 bits per heavy atom. The van der Waals surface area contributed by atoms with Crippen molar-refractivity contribution in [3.8, 4) is 0 Å². The summed E-state index contributed by atoms with van der Waals surface area (Å²) in [6.45, 7) is 0. The maximum atomic E-state index is 10.3. The van der Waals surface area contributed by atoms with E-state index < -0.39 is 0 Å². The molecule has 3 nitrogen and oxygen atoms in total. The third kappa shape index (κ3) is 0.559. The first-order valence-electron chi connectivity index (χ1n) is 1.93. The van der Waals surface area contributed by atoms with Gasteiger partial charge in [0, 0.05) is 13.2 Å². The van der Waals surface area contributed by atoms with Crippen molar-refractivity contribution >= 4 is 0 Å². The fourth-order valence-corrected chi connectivity index (χ4v) is 0.346. The van der Waals surface area contributed by atoms with Crippen molar-refractivity contribution in [1.29, 1.82) is 0 Å². The summed E-state index contributed by atoms with van der Waals surface area (Å²) in [5, 5.41) is 2.62. The third-order valence-electron chi connectivity index (χ3n) is 0.758. The van der Waals surface area contributed by atoms with Gasteiger partial charge in [0.25, 0.3) is 5.56 Å². The standard InChI is InChI=1S/C4H5N2O/c1-6-4(7)2-3-5-6/h3,5H,1H3. The second-order valence-corrected chi connectivity index (χ2v) is 1.28. The Hall–Kier alpha value is -0.990. The molecule has 1 radical (unpaired) electrons. The molecule has 37 valence electrons. The van der Waals surface area contributed by atoms with Gasteiger partial charge in [0.2, 0.25) is 0 Å². The van der Waals surface area contributed by atoms with Gasteiger partial charge in [0.05, 0.1) is 6.07 Å². The molecule has 0 spiro atoms. The largest absolute Gasteiger partial charge is 0.303 e. The number of aromatic nitrogens is 2. The van der Waals surface area contributed by atoms with Crippen molar-refractivity contribution in [2.45, 2.75) is 0 Å². The highest BCUT2D eigenvalue weighted by molar-refractivity contribution is 4.74. The molecule has 0 aliphatic rings. The lowest BCUT2D eigenvalue weighted by Crippen LogP contribution is -2.10. The van der Waals surface area contributed by atoms with E-state index >= 15 is 0 Å². The highest BCUT2D eigenvalue weighted by Crippen LogP contribution is 1.60. The van der Waals surface area contributed by atoms with E-state index in [1.54, 1.807) is 7.05 Å². The van der Waals surface area contributed by atoms with E-state index in [1.165, 1.54) is 10.9 Å². The summed E-state index contributed by atoms with van der Waals surface area (Å²) in [6, 6.07) is 2.42. The fourth-order valence-electron chi connectivity index (χ4n) is 0.346. The van der Waals surface area contributed by atoms with Crippen LogP contribution in [0.25, 0.3) is 0 Å². The number of aryl methyl sites for hydroxylation is 1. The monoisotopic (exact) mass is 97.0 g/mol. The zero-order valence-electron chi connectivity index (χ0n) is 3.93. The molecule has 0 aromatic carbocycles. The predicted octanol–water partition coefficient (Wildman–Crippen LogP) is -0.486. The van der Waals surface area contributed by atoms with Gasteiger partial charge < -0.3 is 5.10 Å². The highest BCUT2D eigenvalue weighted by atomic mass is 16.1. The minimum atomic E-state index is -0.125. The van der Waals surface area contributed by atoms with Crippen LogP contribution in [0.3, 0.4) is 0 Å². The van der Waals surface area contributed by atoms with Crippen molar-refractivity contribution in [3.05, 3.63) is 22.6 Å². The normalized spacial score (nSPS) is 9.29. The molecule has 0 fully saturated rings. The lowest BCUT2D eigenvalue weighted by molar-refractivity contribution is 0.739. The van der Waals surface area contributed by atoms with Crippen LogP contribution in [0.4, 0.5) is 0 Å². The number of rotatable bonds is 0. The Kier molecular flexibility index (Phi) is 0.749. The molecule has 1 aromatic rings. The molecule has 0 aliphatic heterocycles. The Morgan fingerprint density at radius 2 is 2.71 bits per heavy atom. The van der Waals surface area contributed by atoms with Crippen molar-refractivity contribution in [3.63, 3.8) is 0 Å². The molecule has 0 atom stereocenters. The Morgan fingerprint density at radius 3 is 2.86 bits per heavy atom. The van der Waals surface area contributed by atoms with E-state index in [0.717, 1.165) is 0 Å². The van der Waals surface area contributed by atoms with Crippen molar-refractivity contribution < 1.29 is 0 Å². The molecule has 0 saturated carbocycles. The molecule has 0 amide bonds. The number of nitrogens with one attached hydrogen (secondary N) is 1. The van der Waals surface area contributed by atoms with Gasteiger partial charge in [-0.25, -0.2) is 0 Å². The third-order valence-corrected chi connectivity index (χ3v) is 0.758. The molecule has 0 unspecified atom stereocenters. The molecule has 1 N–H and O–H groups in total. The first-order valence-corrected chi connectivity index (χ1v) is 1.93. The number of hydrogen-bond donors (Lipinski definition) is 1. The predicted molar refractivity (Wildman–Crippen MR) is 24.9 cm³/mol. The number of H-pyrrole nitrogens is 1. The molecule has 0 aliphatic carbocycles. The van der Waals surface area contributed by atoms with E-state index in [-0.39, 0.29) is 5.56 Å². The van der Waals surface area contributed by atoms with Gasteiger partial charge in [-0.2, -0.15) is 0 Å². The molecule has 1 aromatic heterocycles. The minimum Gasteiger partial charge on any atom is -0.303 e. The van der Waals surface area contributed by atoms with Crippen molar-refractivity contribution in [1.82, 2.24) is 9.78 Å². The van der Waals surface area contributed by atoms with Crippen LogP contribution in [0, 0.1) is 6.07 Å². The number of hydrogen-bond acceptors (Lipinski definition) is 1. The van der Waals surface area contributed by atoms with Gasteiger partial charge in [-0.3, -0.25) is 9.48 Å². The molecule has 3 heteroatoms. The Labute approximate surface area is 40.6 Å². The van der Waals surface area contributed by atoms with Gasteiger partial charge in [-0.1, -0.05) is 0 Å². The molecule has 1 heterocycles. The van der Waals surface area contributed by atoms with E-state index in [0.29, 0.717) is 0 Å². The SMILES string of the molecule is Cn1[nH]c[c]c1=O. The second kappa shape index (κ2) is 1.26. The van der Waals surface area contributed by atoms with Crippen LogP contribution in [0.15, 0.2) is 11.0 Å². The summed E-state index contributed by atoms with van der Waals surface area (Å²) in [5.74, 6) is 0. The van der Waals surface area contributed by atoms with Gasteiger partial charge in [-0.15, -0.1) is 0 Å². The maximum absolute atomic E-state index is 10.3. The topological polar surface area (TPSA) is 37.8 Å². The number of nitrogens with zero attached hydrogens (tertiary/aromatic N) is 1. The smallest absolute Gasteiger partial charge is 0.274 e. The van der Waals surface area contributed by atoms with Crippen LogP contribution in [0.1, 0.15) is 0 Å². The van der Waals surface area contributed by atoms with Crippen LogP contribution in [0.5, 0.6) is 0 Å². The van der Waals surface area contributed by atoms with Crippen LogP contribution in [0.2, 0.25) is 0 Å². The summed E-state index contributed by atoms with van der Waals surface area (Å²) in [4.78, 5) is 10.3. The van der Waals surface area contributed by atoms with Gasteiger partial charge >= 0.3 is 0 Å². The summed E-state index contributed by atoms with van der Waals surface area (Å²) in [7, 11) is 1.64. The van der Waals surface area contributed by atoms with Crippen molar-refractivity contribution in [2.24, 2.45) is 7.05 Å². The lowest BCUT2D eigenvalue weighted by atomic mass is 10.7. The van der Waals surface area contributed by atoms with Crippen LogP contribution < -0.4 is 5.56 Å². The van der Waals surface area contributed by atoms with E-state index in [2.05, 4.69) is 11.2 Å². The number of aromatic amines is 1. The summed E-state index contributed by atoms with van der Waals surface area (Å²) in [6.07, 6.45) is 1.47. The first-order chi connectivity index (χ1) is 3.30. The zero-order chi connectivity index (χ0) is 5.28. The van der Waals surface area contributed by atoms with Crippen LogP contribution >= 0.6 is 0 Å². The average Bonchev–Trinajstić information content (AvgIpc) is 1.91. The first kappa shape index (κ1) is 4.18. The highest BCUT2D eigenvalue weighted by Gasteiger charge is 1.82. The van der Waals surface area contributed by atoms with Gasteiger partial charge in [0.15, 0.2) is 0 Å². The lowest BCUT2D eigenvalue weighted by Gasteiger charge is -1.79. The van der Waals surface area contributed by atoms with Crippen molar-refractivity contribution in [2.75, 3.05) is 0 Å². The molecular weight excluding hydrogens is 92.1 g/mol. The van der Waals surface area contributed by atoms with E-state index in [9.17, 15) is 4.79 Å². The van der Waals surface area contributed by atoms with E-state index in [1.807, 2.05) is 0 Å². The summed E-state index contributed by atoms with van der Waals surface area (Å²) in [5.41, 5.74) is -0.125. The average molecular weight is 97.1 g/mol. The molecular formula is C4H5N2O. The second-order valence-electron chi connectivity index (χ2n) is 1.28. The Balaban J connectivity index is 3.39. The molecule has 1 rings (SSSR count). The Bertz CT molecular complexity index is 197. The molecule has 7 heavy (non-hydrogen) atoms. The van der Waals surface area contributed by atoms with Gasteiger partial charge in [-0.05, 0) is 0 Å². The molecule has 0 bridgehead atoms.